The fourth-order valence-electron chi connectivity index (χ4n) is 3.37. The van der Waals surface area contributed by atoms with E-state index in [9.17, 15) is 9.59 Å². The average Bonchev–Trinajstić information content (AvgIpc) is 3.14. The van der Waals surface area contributed by atoms with Crippen LogP contribution in [-0.4, -0.2) is 30.9 Å². The molecule has 1 aromatic heterocycles. The van der Waals surface area contributed by atoms with E-state index in [1.807, 2.05) is 36.4 Å². The second-order valence-electron chi connectivity index (χ2n) is 5.71. The molecular formula is C18H15NO4. The van der Waals surface area contributed by atoms with Crippen LogP contribution < -0.4 is 4.74 Å². The molecule has 0 bridgehead atoms. The maximum Gasteiger partial charge on any atom is 0.229 e. The summed E-state index contributed by atoms with van der Waals surface area (Å²) in [6.45, 7) is 0.406. The van der Waals surface area contributed by atoms with Crippen LogP contribution in [0.3, 0.4) is 0 Å². The van der Waals surface area contributed by atoms with E-state index < -0.39 is 0 Å². The Balaban J connectivity index is 1.97. The van der Waals surface area contributed by atoms with Crippen LogP contribution in [0.15, 0.2) is 40.8 Å². The average molecular weight is 309 g/mol. The summed E-state index contributed by atoms with van der Waals surface area (Å²) in [5, 5.41) is 1.96. The molecule has 1 atom stereocenters. The zero-order chi connectivity index (χ0) is 16.0. The predicted molar refractivity (Wildman–Crippen MR) is 85.4 cm³/mol. The normalized spacial score (nSPS) is 18.0. The molecule has 23 heavy (non-hydrogen) atoms. The molecule has 1 aliphatic rings. The third-order valence-corrected chi connectivity index (χ3v) is 4.47. The SMILES string of the molecule is COc1ccc(C2CC(=O)N(C=O)C2)c2c1oc1ccccc12. The van der Waals surface area contributed by atoms with Gasteiger partial charge in [0, 0.05) is 29.7 Å². The number of benzene rings is 2. The molecule has 2 amide bonds. The summed E-state index contributed by atoms with van der Waals surface area (Å²) in [4.78, 5) is 24.1. The van der Waals surface area contributed by atoms with Gasteiger partial charge in [0.15, 0.2) is 11.3 Å². The number of likely N-dealkylation sites (tertiary alicyclic amines) is 1. The molecule has 1 saturated heterocycles. The van der Waals surface area contributed by atoms with Crippen molar-refractivity contribution < 1.29 is 18.7 Å². The highest BCUT2D eigenvalue weighted by Gasteiger charge is 2.32. The molecule has 1 fully saturated rings. The lowest BCUT2D eigenvalue weighted by atomic mass is 9.93. The van der Waals surface area contributed by atoms with Gasteiger partial charge in [-0.2, -0.15) is 0 Å². The Kier molecular flexibility index (Phi) is 3.08. The van der Waals surface area contributed by atoms with Crippen molar-refractivity contribution in [2.45, 2.75) is 12.3 Å². The van der Waals surface area contributed by atoms with Gasteiger partial charge in [0.05, 0.1) is 7.11 Å². The molecule has 116 valence electrons. The van der Waals surface area contributed by atoms with Gasteiger partial charge in [-0.15, -0.1) is 0 Å². The lowest BCUT2D eigenvalue weighted by Crippen LogP contribution is -2.22. The Bertz CT molecular complexity index is 927. The number of carbonyl (C=O) groups excluding carboxylic acids is 2. The summed E-state index contributed by atoms with van der Waals surface area (Å²) >= 11 is 0. The molecular weight excluding hydrogens is 294 g/mol. The second kappa shape index (κ2) is 5.12. The van der Waals surface area contributed by atoms with Gasteiger partial charge >= 0.3 is 0 Å². The van der Waals surface area contributed by atoms with E-state index in [4.69, 9.17) is 9.15 Å². The molecule has 0 N–H and O–H groups in total. The number of methoxy groups -OCH3 is 1. The number of fused-ring (bicyclic) bond motifs is 3. The Morgan fingerprint density at radius 1 is 1.26 bits per heavy atom. The number of furan rings is 1. The molecule has 1 unspecified atom stereocenters. The van der Waals surface area contributed by atoms with E-state index in [0.29, 0.717) is 30.7 Å². The van der Waals surface area contributed by atoms with Gasteiger partial charge in [0.2, 0.25) is 12.3 Å². The van der Waals surface area contributed by atoms with E-state index in [1.165, 1.54) is 4.90 Å². The topological polar surface area (TPSA) is 59.8 Å². The standard InChI is InChI=1S/C18H15NO4/c1-22-15-7-6-12(11-8-16(21)19(9-11)10-20)17-13-4-2-3-5-14(13)23-18(15)17/h2-7,10-11H,8-9H2,1H3. The van der Waals surface area contributed by atoms with Gasteiger partial charge in [0.1, 0.15) is 5.58 Å². The van der Waals surface area contributed by atoms with Crippen molar-refractivity contribution in [3.8, 4) is 5.75 Å². The number of rotatable bonds is 3. The summed E-state index contributed by atoms with van der Waals surface area (Å²) in [5.41, 5.74) is 2.48. The number of hydrogen-bond donors (Lipinski definition) is 0. The maximum absolute atomic E-state index is 11.9. The van der Waals surface area contributed by atoms with Crippen molar-refractivity contribution in [1.29, 1.82) is 0 Å². The van der Waals surface area contributed by atoms with Crippen molar-refractivity contribution in [3.63, 3.8) is 0 Å². The monoisotopic (exact) mass is 309 g/mol. The Morgan fingerprint density at radius 2 is 2.09 bits per heavy atom. The fraction of sp³-hybridized carbons (Fsp3) is 0.222. The number of amides is 2. The van der Waals surface area contributed by atoms with Crippen LogP contribution in [0.4, 0.5) is 0 Å². The first-order chi connectivity index (χ1) is 11.2. The van der Waals surface area contributed by atoms with Gasteiger partial charge in [-0.25, -0.2) is 0 Å². The third-order valence-electron chi connectivity index (χ3n) is 4.47. The van der Waals surface area contributed by atoms with Crippen LogP contribution in [0.5, 0.6) is 5.75 Å². The van der Waals surface area contributed by atoms with Crippen molar-refractivity contribution >= 4 is 34.3 Å². The van der Waals surface area contributed by atoms with Gasteiger partial charge < -0.3 is 9.15 Å². The molecule has 4 rings (SSSR count). The Labute approximate surface area is 132 Å². The summed E-state index contributed by atoms with van der Waals surface area (Å²) in [6, 6.07) is 11.6. The Hall–Kier alpha value is -2.82. The molecule has 0 saturated carbocycles. The molecule has 0 aliphatic carbocycles. The lowest BCUT2D eigenvalue weighted by molar-refractivity contribution is -0.134. The minimum atomic E-state index is -0.137. The second-order valence-corrected chi connectivity index (χ2v) is 5.71. The molecule has 0 radical (unpaired) electrons. The van der Waals surface area contributed by atoms with E-state index in [2.05, 4.69) is 0 Å². The molecule has 3 aromatic rings. The molecule has 2 aromatic carbocycles. The predicted octanol–water partition coefficient (Wildman–Crippen LogP) is 3.07. The van der Waals surface area contributed by atoms with E-state index >= 15 is 0 Å². The van der Waals surface area contributed by atoms with Crippen molar-refractivity contribution in [2.24, 2.45) is 0 Å². The number of carbonyl (C=O) groups is 2. The summed E-state index contributed by atoms with van der Waals surface area (Å²) in [7, 11) is 1.61. The number of para-hydroxylation sites is 1. The zero-order valence-corrected chi connectivity index (χ0v) is 12.6. The first kappa shape index (κ1) is 13.8. The van der Waals surface area contributed by atoms with Crippen LogP contribution >= 0.6 is 0 Å². The largest absolute Gasteiger partial charge is 0.493 e. The van der Waals surface area contributed by atoms with Crippen molar-refractivity contribution in [1.82, 2.24) is 4.90 Å². The number of nitrogens with zero attached hydrogens (tertiary/aromatic N) is 1. The molecule has 0 spiro atoms. The summed E-state index contributed by atoms with van der Waals surface area (Å²) < 4.78 is 11.4. The van der Waals surface area contributed by atoms with Gasteiger partial charge in [0.25, 0.3) is 0 Å². The highest BCUT2D eigenvalue weighted by molar-refractivity contribution is 6.09. The van der Waals surface area contributed by atoms with Gasteiger partial charge in [-0.1, -0.05) is 24.3 Å². The minimum Gasteiger partial charge on any atom is -0.493 e. The summed E-state index contributed by atoms with van der Waals surface area (Å²) in [5.74, 6) is 0.500. The highest BCUT2D eigenvalue weighted by atomic mass is 16.5. The van der Waals surface area contributed by atoms with Crippen molar-refractivity contribution in [2.75, 3.05) is 13.7 Å². The molecule has 5 heteroatoms. The fourth-order valence-corrected chi connectivity index (χ4v) is 3.37. The van der Waals surface area contributed by atoms with Crippen LogP contribution in [0.2, 0.25) is 0 Å². The van der Waals surface area contributed by atoms with Crippen LogP contribution in [0, 0.1) is 0 Å². The van der Waals surface area contributed by atoms with Crippen LogP contribution in [-0.2, 0) is 9.59 Å². The van der Waals surface area contributed by atoms with Crippen LogP contribution in [0.25, 0.3) is 21.9 Å². The highest BCUT2D eigenvalue weighted by Crippen LogP contribution is 2.41. The van der Waals surface area contributed by atoms with Gasteiger partial charge in [-0.05, 0) is 17.7 Å². The Morgan fingerprint density at radius 3 is 2.83 bits per heavy atom. The van der Waals surface area contributed by atoms with E-state index in [1.54, 1.807) is 7.11 Å². The number of imide groups is 1. The number of ether oxygens (including phenoxy) is 1. The third kappa shape index (κ3) is 2.00. The first-order valence-electron chi connectivity index (χ1n) is 7.46. The molecule has 2 heterocycles. The lowest BCUT2D eigenvalue weighted by Gasteiger charge is -2.12. The minimum absolute atomic E-state index is 0.0258. The number of hydrogen-bond acceptors (Lipinski definition) is 4. The smallest absolute Gasteiger partial charge is 0.229 e. The van der Waals surface area contributed by atoms with E-state index in [0.717, 1.165) is 21.9 Å². The molecule has 1 aliphatic heterocycles. The molecule has 5 nitrogen and oxygen atoms in total. The maximum atomic E-state index is 11.9. The summed E-state index contributed by atoms with van der Waals surface area (Å²) in [6.07, 6.45) is 0.941. The van der Waals surface area contributed by atoms with Gasteiger partial charge in [-0.3, -0.25) is 14.5 Å². The van der Waals surface area contributed by atoms with Crippen molar-refractivity contribution in [3.05, 3.63) is 42.0 Å². The van der Waals surface area contributed by atoms with Crippen LogP contribution in [0.1, 0.15) is 17.9 Å². The van der Waals surface area contributed by atoms with E-state index in [-0.39, 0.29) is 11.8 Å². The zero-order valence-electron chi connectivity index (χ0n) is 12.6. The first-order valence-corrected chi connectivity index (χ1v) is 7.46. The quantitative estimate of drug-likeness (QED) is 0.698.